The maximum Gasteiger partial charge on any atom is 1.00 e. The van der Waals surface area contributed by atoms with Crippen molar-refractivity contribution in [3.8, 4) is 11.5 Å². The van der Waals surface area contributed by atoms with Crippen LogP contribution in [-0.2, 0) is 0 Å². The van der Waals surface area contributed by atoms with Crippen LogP contribution in [0.4, 0.5) is 15.9 Å². The summed E-state index contributed by atoms with van der Waals surface area (Å²) in [5, 5.41) is 15.2. The van der Waals surface area contributed by atoms with Crippen LogP contribution in [0.2, 0.25) is 0 Å². The van der Waals surface area contributed by atoms with Gasteiger partial charge in [-0.2, -0.15) is 12.1 Å². The van der Waals surface area contributed by atoms with Gasteiger partial charge in [0.15, 0.2) is 0 Å². The van der Waals surface area contributed by atoms with Crippen molar-refractivity contribution >= 4 is 35.0 Å². The number of ether oxygens (including phenoxy) is 2. The number of fused-ring (bicyclic) bond motifs is 1. The molecule has 3 rings (SSSR count). The van der Waals surface area contributed by atoms with E-state index in [1.807, 2.05) is 6.42 Å². The van der Waals surface area contributed by atoms with Gasteiger partial charge in [-0.05, 0) is 29.6 Å². The summed E-state index contributed by atoms with van der Waals surface area (Å²) in [7, 11) is 0. The van der Waals surface area contributed by atoms with Gasteiger partial charge in [-0.15, -0.1) is 31.3 Å². The molecule has 3 aromatic rings. The number of nitrogens with one attached hydrogen (secondary N) is 2. The van der Waals surface area contributed by atoms with Crippen molar-refractivity contribution in [1.82, 2.24) is 15.3 Å². The fourth-order valence-electron chi connectivity index (χ4n) is 2.80. The van der Waals surface area contributed by atoms with Gasteiger partial charge < -0.3 is 37.4 Å². The second-order valence-electron chi connectivity index (χ2n) is 6.55. The number of rotatable bonds is 13. The van der Waals surface area contributed by atoms with Crippen LogP contribution in [-0.4, -0.2) is 42.2 Å². The molecule has 2 N–H and O–H groups in total. The van der Waals surface area contributed by atoms with Gasteiger partial charge in [0.2, 0.25) is 0 Å². The van der Waals surface area contributed by atoms with Gasteiger partial charge in [-0.1, -0.05) is 0 Å². The Hall–Kier alpha value is -2.92. The van der Waals surface area contributed by atoms with E-state index in [4.69, 9.17) is 21.5 Å². The number of benzene rings is 2. The van der Waals surface area contributed by atoms with Crippen LogP contribution in [0.25, 0.3) is 16.3 Å². The van der Waals surface area contributed by atoms with E-state index in [1.165, 1.54) is 24.5 Å². The van der Waals surface area contributed by atoms with E-state index in [2.05, 4.69) is 44.8 Å². The molecule has 1 heterocycles. The van der Waals surface area contributed by atoms with Crippen molar-refractivity contribution in [2.45, 2.75) is 0 Å². The third-order valence-corrected chi connectivity index (χ3v) is 4.30. The Kier molecular flexibility index (Phi) is 14.4. The van der Waals surface area contributed by atoms with Gasteiger partial charge in [0, 0.05) is 17.6 Å². The molecule has 0 fully saturated rings. The van der Waals surface area contributed by atoms with Crippen LogP contribution in [0.3, 0.4) is 0 Å². The minimum atomic E-state index is -0.586. The number of nitrogens with zero attached hydrogens (tertiary/aromatic N) is 4. The molecule has 0 radical (unpaired) electrons. The maximum absolute atomic E-state index is 14.8. The summed E-state index contributed by atoms with van der Waals surface area (Å²) in [6.45, 7) is 10.8. The van der Waals surface area contributed by atoms with Crippen molar-refractivity contribution in [1.29, 1.82) is 0 Å². The Morgan fingerprint density at radius 3 is 2.89 bits per heavy atom. The SMILES string of the molecule is [CH-]=C/C(=C\[C-]=NC=[N-])Oc1ccc(Nc2ncnc3cc[c-]c(OC[CH-]CNC[CH2-])c23)c(F)c1.[Li+].[Li+]. The van der Waals surface area contributed by atoms with Crippen molar-refractivity contribution in [2.24, 2.45) is 4.99 Å². The molecule has 2 aromatic carbocycles. The normalized spacial score (nSPS) is 10.9. The molecule has 0 atom stereocenters. The summed E-state index contributed by atoms with van der Waals surface area (Å²) < 4.78 is 26.2. The zero-order valence-electron chi connectivity index (χ0n) is 20.2. The molecule has 11 heteroatoms. The fraction of sp³-hybridized carbons (Fsp3) is 0.120. The molecule has 8 nitrogen and oxygen atoms in total. The molecule has 0 aliphatic rings. The first-order valence-corrected chi connectivity index (χ1v) is 10.2. The van der Waals surface area contributed by atoms with Crippen LogP contribution < -0.4 is 57.8 Å². The third kappa shape index (κ3) is 8.94. The predicted molar refractivity (Wildman–Crippen MR) is 131 cm³/mol. The van der Waals surface area contributed by atoms with E-state index in [0.717, 1.165) is 6.08 Å². The zero-order valence-corrected chi connectivity index (χ0v) is 20.2. The molecular weight excluding hydrogens is 449 g/mol. The fourth-order valence-corrected chi connectivity index (χ4v) is 2.80. The largest absolute Gasteiger partial charge is 1.00 e. The number of anilines is 2. The van der Waals surface area contributed by atoms with E-state index in [0.29, 0.717) is 48.5 Å². The Morgan fingerprint density at radius 1 is 1.33 bits per heavy atom. The van der Waals surface area contributed by atoms with Crippen LogP contribution in [0.15, 0.2) is 59.6 Å². The second-order valence-corrected chi connectivity index (χ2v) is 6.55. The molecule has 0 saturated carbocycles. The van der Waals surface area contributed by atoms with Crippen molar-refractivity contribution in [2.75, 3.05) is 25.0 Å². The number of halogens is 1. The molecule has 0 amide bonds. The van der Waals surface area contributed by atoms with Gasteiger partial charge in [0.05, 0.1) is 11.5 Å². The van der Waals surface area contributed by atoms with E-state index in [1.54, 1.807) is 18.2 Å². The number of aromatic nitrogens is 2. The molecule has 0 unspecified atom stereocenters. The molecule has 0 saturated heterocycles. The monoisotopic (exact) mass is 470 g/mol. The van der Waals surface area contributed by atoms with Crippen molar-refractivity contribution in [3.63, 3.8) is 0 Å². The van der Waals surface area contributed by atoms with Crippen LogP contribution in [0, 0.1) is 31.8 Å². The first kappa shape index (κ1) is 31.1. The van der Waals surface area contributed by atoms with Crippen molar-refractivity contribution < 1.29 is 51.6 Å². The first-order valence-electron chi connectivity index (χ1n) is 10.2. The third-order valence-electron chi connectivity index (χ3n) is 4.30. The van der Waals surface area contributed by atoms with E-state index in [9.17, 15) is 4.39 Å². The Morgan fingerprint density at radius 2 is 2.17 bits per heavy atom. The van der Waals surface area contributed by atoms with Gasteiger partial charge in [0.1, 0.15) is 17.9 Å². The van der Waals surface area contributed by atoms with Crippen LogP contribution in [0.5, 0.6) is 11.5 Å². The van der Waals surface area contributed by atoms with E-state index in [-0.39, 0.29) is 54.9 Å². The summed E-state index contributed by atoms with van der Waals surface area (Å²) in [4.78, 5) is 11.9. The second kappa shape index (κ2) is 16.7. The number of aliphatic imine (C=N–C) groups is 1. The van der Waals surface area contributed by atoms with Crippen LogP contribution in [0.1, 0.15) is 0 Å². The average Bonchev–Trinajstić information content (AvgIpc) is 2.85. The zero-order chi connectivity index (χ0) is 24.2. The summed E-state index contributed by atoms with van der Waals surface area (Å²) in [5.41, 5.74) is 0.785. The van der Waals surface area contributed by atoms with Gasteiger partial charge in [-0.25, -0.2) is 21.9 Å². The first-order chi connectivity index (χ1) is 16.7. The number of hydrogen-bond donors (Lipinski definition) is 2. The van der Waals surface area contributed by atoms with Gasteiger partial charge in [0.25, 0.3) is 0 Å². The Bertz CT molecular complexity index is 1200. The molecule has 0 aliphatic heterocycles. The molecular formula is C25H21FLi2N6O2-4. The number of hydrogen-bond acceptors (Lipinski definition) is 6. The predicted octanol–water partition coefficient (Wildman–Crippen LogP) is -1.88. The standard InChI is InChI=1S/C25H21FN6O2.2Li/c1-3-18(11-13-29-16-27)34-19-9-10-21(20(26)15-19)32-25-24-22(30-17-31-25)7-5-8-23(24)33-14-6-12-28-4-2;;/h1,3,5-7,9-11,15-17,28H,2,4,12,14H2,(H,30,31,32);;/q-6;2*+1/b18-11+;;. The smallest absolute Gasteiger partial charge is 0.577 e. The number of allylic oxidation sites excluding steroid dienone is 2. The quantitative estimate of drug-likeness (QED) is 0.0577. The molecule has 176 valence electrons. The Balaban J connectivity index is 0.00000324. The molecule has 0 aliphatic carbocycles. The summed E-state index contributed by atoms with van der Waals surface area (Å²) >= 11 is 0. The molecule has 0 bridgehead atoms. The summed E-state index contributed by atoms with van der Waals surface area (Å²) in [5.74, 6) is 0.575. The summed E-state index contributed by atoms with van der Waals surface area (Å²) in [6.07, 6.45) is 8.69. The van der Waals surface area contributed by atoms with Gasteiger partial charge >= 0.3 is 37.7 Å². The minimum absolute atomic E-state index is 0. The van der Waals surface area contributed by atoms with E-state index >= 15 is 0 Å². The molecule has 1 aromatic heterocycles. The maximum atomic E-state index is 14.8. The van der Waals surface area contributed by atoms with Crippen LogP contribution >= 0.6 is 0 Å². The molecule has 36 heavy (non-hydrogen) atoms. The topological polar surface area (TPSA) is 103 Å². The Labute approximate surface area is 234 Å². The summed E-state index contributed by atoms with van der Waals surface area (Å²) in [6, 6.07) is 10.7. The molecule has 0 spiro atoms. The van der Waals surface area contributed by atoms with Gasteiger partial charge in [-0.3, -0.25) is 18.0 Å². The minimum Gasteiger partial charge on any atom is -0.577 e. The van der Waals surface area contributed by atoms with Crippen molar-refractivity contribution in [3.05, 3.63) is 91.8 Å². The van der Waals surface area contributed by atoms with E-state index < -0.39 is 5.82 Å². The average molecular weight is 470 g/mol.